The van der Waals surface area contributed by atoms with Crippen LogP contribution in [-0.2, 0) is 20.1 Å². The van der Waals surface area contributed by atoms with Gasteiger partial charge >= 0.3 is 0 Å². The standard InChI is InChI=1S/C18H26N6O/c1-21-6-5-19-17(18(21)25)23-9-7-22(8-10-23)12-16-11-20-24(14-16)13-15-3-2-4-15/h5-6,11,14-15H,2-4,7-10,12-13H2,1H3. The Bertz CT molecular complexity index is 770. The molecule has 1 saturated heterocycles. The maximum Gasteiger partial charge on any atom is 0.293 e. The second-order valence-corrected chi connectivity index (χ2v) is 7.30. The minimum atomic E-state index is -0.0202. The first kappa shape index (κ1) is 16.3. The van der Waals surface area contributed by atoms with Crippen molar-refractivity contribution >= 4 is 5.82 Å². The fourth-order valence-electron chi connectivity index (χ4n) is 3.61. The fourth-order valence-corrected chi connectivity index (χ4v) is 3.61. The zero-order valence-corrected chi connectivity index (χ0v) is 14.8. The van der Waals surface area contributed by atoms with Gasteiger partial charge in [0.25, 0.3) is 5.56 Å². The van der Waals surface area contributed by atoms with E-state index in [0.717, 1.165) is 45.2 Å². The number of hydrogen-bond donors (Lipinski definition) is 0. The molecule has 1 aliphatic heterocycles. The summed E-state index contributed by atoms with van der Waals surface area (Å²) in [6, 6.07) is 0. The second-order valence-electron chi connectivity index (χ2n) is 7.30. The van der Waals surface area contributed by atoms with E-state index in [4.69, 9.17) is 0 Å². The zero-order valence-electron chi connectivity index (χ0n) is 14.8. The Hall–Kier alpha value is -2.15. The van der Waals surface area contributed by atoms with E-state index in [0.29, 0.717) is 5.82 Å². The molecule has 0 aromatic carbocycles. The highest BCUT2D eigenvalue weighted by Crippen LogP contribution is 2.27. The van der Waals surface area contributed by atoms with Crippen molar-refractivity contribution in [3.05, 3.63) is 40.7 Å². The van der Waals surface area contributed by atoms with E-state index in [2.05, 4.69) is 30.8 Å². The molecule has 0 N–H and O–H groups in total. The summed E-state index contributed by atoms with van der Waals surface area (Å²) in [6.07, 6.45) is 11.7. The molecule has 1 aliphatic carbocycles. The molecule has 0 radical (unpaired) electrons. The van der Waals surface area contributed by atoms with Crippen LogP contribution in [-0.4, -0.2) is 50.4 Å². The van der Waals surface area contributed by atoms with Crippen LogP contribution >= 0.6 is 0 Å². The maximum absolute atomic E-state index is 12.2. The van der Waals surface area contributed by atoms with Crippen LogP contribution in [0.25, 0.3) is 0 Å². The number of hydrogen-bond acceptors (Lipinski definition) is 5. The van der Waals surface area contributed by atoms with Crippen LogP contribution in [0, 0.1) is 5.92 Å². The van der Waals surface area contributed by atoms with Gasteiger partial charge in [-0.2, -0.15) is 5.10 Å². The Balaban J connectivity index is 1.31. The first-order chi connectivity index (χ1) is 12.2. The number of piperazine rings is 1. The third kappa shape index (κ3) is 3.61. The van der Waals surface area contributed by atoms with Crippen molar-refractivity contribution in [2.24, 2.45) is 13.0 Å². The highest BCUT2D eigenvalue weighted by molar-refractivity contribution is 5.36. The first-order valence-electron chi connectivity index (χ1n) is 9.19. The van der Waals surface area contributed by atoms with Crippen LogP contribution in [0.4, 0.5) is 5.82 Å². The van der Waals surface area contributed by atoms with E-state index >= 15 is 0 Å². The summed E-state index contributed by atoms with van der Waals surface area (Å²) in [5.74, 6) is 1.40. The van der Waals surface area contributed by atoms with E-state index in [1.54, 1.807) is 24.0 Å². The van der Waals surface area contributed by atoms with Gasteiger partial charge in [0.05, 0.1) is 6.20 Å². The molecule has 0 amide bonds. The summed E-state index contributed by atoms with van der Waals surface area (Å²) in [4.78, 5) is 21.0. The molecule has 2 aromatic heterocycles. The van der Waals surface area contributed by atoms with Crippen molar-refractivity contribution < 1.29 is 0 Å². The van der Waals surface area contributed by atoms with Gasteiger partial charge in [-0.15, -0.1) is 0 Å². The quantitative estimate of drug-likeness (QED) is 0.814. The molecule has 3 heterocycles. The van der Waals surface area contributed by atoms with E-state index in [-0.39, 0.29) is 5.56 Å². The van der Waals surface area contributed by atoms with Gasteiger partial charge in [-0.05, 0) is 18.8 Å². The van der Waals surface area contributed by atoms with E-state index in [9.17, 15) is 4.79 Å². The minimum Gasteiger partial charge on any atom is -0.349 e. The number of anilines is 1. The smallest absolute Gasteiger partial charge is 0.293 e. The molecule has 1 saturated carbocycles. The highest BCUT2D eigenvalue weighted by Gasteiger charge is 2.21. The summed E-state index contributed by atoms with van der Waals surface area (Å²) in [6.45, 7) is 5.54. The molecule has 2 aromatic rings. The normalized spacial score (nSPS) is 19.2. The van der Waals surface area contributed by atoms with E-state index in [1.165, 1.54) is 24.8 Å². The zero-order chi connectivity index (χ0) is 17.2. The molecule has 0 spiro atoms. The second kappa shape index (κ2) is 7.00. The minimum absolute atomic E-state index is 0.0202. The lowest BCUT2D eigenvalue weighted by molar-refractivity contribution is 0.248. The fraction of sp³-hybridized carbons (Fsp3) is 0.611. The van der Waals surface area contributed by atoms with Crippen molar-refractivity contribution in [1.29, 1.82) is 0 Å². The van der Waals surface area contributed by atoms with Crippen molar-refractivity contribution in [2.75, 3.05) is 31.1 Å². The summed E-state index contributed by atoms with van der Waals surface area (Å²) < 4.78 is 3.69. The predicted molar refractivity (Wildman–Crippen MR) is 96.5 cm³/mol. The predicted octanol–water partition coefficient (Wildman–Crippen LogP) is 1.10. The molecule has 0 unspecified atom stereocenters. The summed E-state index contributed by atoms with van der Waals surface area (Å²) in [7, 11) is 1.77. The van der Waals surface area contributed by atoms with Gasteiger partial charge in [0.15, 0.2) is 5.82 Å². The van der Waals surface area contributed by atoms with E-state index in [1.807, 2.05) is 6.20 Å². The lowest BCUT2D eigenvalue weighted by Crippen LogP contribution is -2.48. The highest BCUT2D eigenvalue weighted by atomic mass is 16.1. The molecule has 7 nitrogen and oxygen atoms in total. The molecular weight excluding hydrogens is 316 g/mol. The van der Waals surface area contributed by atoms with Crippen LogP contribution in [0.5, 0.6) is 0 Å². The molecule has 7 heteroatoms. The average Bonchev–Trinajstić information content (AvgIpc) is 3.02. The van der Waals surface area contributed by atoms with Gasteiger partial charge in [0.2, 0.25) is 0 Å². The van der Waals surface area contributed by atoms with Crippen molar-refractivity contribution in [2.45, 2.75) is 32.4 Å². The van der Waals surface area contributed by atoms with Crippen molar-refractivity contribution in [3.8, 4) is 0 Å². The number of aromatic nitrogens is 4. The van der Waals surface area contributed by atoms with Crippen LogP contribution in [0.2, 0.25) is 0 Å². The van der Waals surface area contributed by atoms with E-state index < -0.39 is 0 Å². The van der Waals surface area contributed by atoms with Gasteiger partial charge in [-0.1, -0.05) is 6.42 Å². The van der Waals surface area contributed by atoms with Crippen molar-refractivity contribution in [3.63, 3.8) is 0 Å². The van der Waals surface area contributed by atoms with Gasteiger partial charge in [0.1, 0.15) is 0 Å². The Morgan fingerprint density at radius 3 is 2.72 bits per heavy atom. The molecule has 25 heavy (non-hydrogen) atoms. The first-order valence-corrected chi connectivity index (χ1v) is 9.19. The number of nitrogens with zero attached hydrogens (tertiary/aromatic N) is 6. The molecule has 4 rings (SSSR count). The SMILES string of the molecule is Cn1ccnc(N2CCN(Cc3cnn(CC4CCC4)c3)CC2)c1=O. The van der Waals surface area contributed by atoms with Gasteiger partial charge < -0.3 is 9.47 Å². The third-order valence-corrected chi connectivity index (χ3v) is 5.43. The summed E-state index contributed by atoms with van der Waals surface area (Å²) in [5, 5.41) is 4.51. The molecule has 0 atom stereocenters. The Kier molecular flexibility index (Phi) is 4.57. The number of rotatable bonds is 5. The monoisotopic (exact) mass is 342 g/mol. The Morgan fingerprint density at radius 1 is 1.20 bits per heavy atom. The largest absolute Gasteiger partial charge is 0.349 e. The van der Waals surface area contributed by atoms with Crippen LogP contribution in [0.15, 0.2) is 29.6 Å². The van der Waals surface area contributed by atoms with Gasteiger partial charge in [-0.3, -0.25) is 14.4 Å². The molecular formula is C18H26N6O. The molecule has 0 bridgehead atoms. The summed E-state index contributed by atoms with van der Waals surface area (Å²) in [5.41, 5.74) is 1.26. The van der Waals surface area contributed by atoms with Gasteiger partial charge in [0, 0.05) is 70.5 Å². The summed E-state index contributed by atoms with van der Waals surface area (Å²) >= 11 is 0. The molecule has 2 aliphatic rings. The van der Waals surface area contributed by atoms with Crippen molar-refractivity contribution in [1.82, 2.24) is 24.2 Å². The Morgan fingerprint density at radius 2 is 2.00 bits per heavy atom. The topological polar surface area (TPSA) is 59.2 Å². The lowest BCUT2D eigenvalue weighted by atomic mass is 9.85. The van der Waals surface area contributed by atoms with Crippen LogP contribution in [0.1, 0.15) is 24.8 Å². The van der Waals surface area contributed by atoms with Crippen LogP contribution < -0.4 is 10.5 Å². The molecule has 134 valence electrons. The lowest BCUT2D eigenvalue weighted by Gasteiger charge is -2.34. The Labute approximate surface area is 147 Å². The average molecular weight is 342 g/mol. The third-order valence-electron chi connectivity index (χ3n) is 5.43. The maximum atomic E-state index is 12.2. The molecule has 2 fully saturated rings. The number of aryl methyl sites for hydroxylation is 1. The van der Waals surface area contributed by atoms with Crippen LogP contribution in [0.3, 0.4) is 0 Å². The van der Waals surface area contributed by atoms with Gasteiger partial charge in [-0.25, -0.2) is 4.98 Å².